The second-order valence-electron chi connectivity index (χ2n) is 3.93. The first-order valence-electron chi connectivity index (χ1n) is 5.83. The van der Waals surface area contributed by atoms with Crippen molar-refractivity contribution in [1.82, 2.24) is 4.98 Å². The van der Waals surface area contributed by atoms with Gasteiger partial charge in [0.15, 0.2) is 5.13 Å². The molecular formula is C14H12ClN3OS. The van der Waals surface area contributed by atoms with Crippen LogP contribution in [0.3, 0.4) is 0 Å². The highest BCUT2D eigenvalue weighted by Crippen LogP contribution is 2.23. The summed E-state index contributed by atoms with van der Waals surface area (Å²) in [6.07, 6.45) is 1.60. The zero-order valence-corrected chi connectivity index (χ0v) is 12.3. The van der Waals surface area contributed by atoms with E-state index in [0.29, 0.717) is 22.3 Å². The van der Waals surface area contributed by atoms with Gasteiger partial charge in [-0.05, 0) is 18.6 Å². The molecule has 0 atom stereocenters. The standard InChI is InChI=1S/C14H12ClN3OS/c1-9-4-2-6-11(12(9)15)13(19)18-14-17-8-10(20-14)5-3-7-16/h2,4,6,8H,7,16H2,1H3,(H,17,18,19). The summed E-state index contributed by atoms with van der Waals surface area (Å²) in [7, 11) is 0. The minimum absolute atomic E-state index is 0.286. The maximum atomic E-state index is 12.1. The lowest BCUT2D eigenvalue weighted by molar-refractivity contribution is 0.102. The lowest BCUT2D eigenvalue weighted by Gasteiger charge is -2.05. The van der Waals surface area contributed by atoms with Crippen molar-refractivity contribution >= 4 is 34.0 Å². The number of nitrogens with two attached hydrogens (primary N) is 1. The van der Waals surface area contributed by atoms with Gasteiger partial charge in [0.1, 0.15) is 0 Å². The molecule has 0 aliphatic heterocycles. The predicted octanol–water partition coefficient (Wildman–Crippen LogP) is 2.67. The molecule has 0 spiro atoms. The molecule has 2 rings (SSSR count). The Morgan fingerprint density at radius 1 is 1.55 bits per heavy atom. The summed E-state index contributed by atoms with van der Waals surface area (Å²) in [6.45, 7) is 2.14. The third kappa shape index (κ3) is 3.36. The van der Waals surface area contributed by atoms with Crippen molar-refractivity contribution in [3.8, 4) is 11.8 Å². The molecule has 0 aliphatic rings. The van der Waals surface area contributed by atoms with Gasteiger partial charge < -0.3 is 5.73 Å². The molecule has 6 heteroatoms. The smallest absolute Gasteiger partial charge is 0.258 e. The Kier molecular flexibility index (Phi) is 4.74. The maximum absolute atomic E-state index is 12.1. The second kappa shape index (κ2) is 6.53. The van der Waals surface area contributed by atoms with E-state index in [0.717, 1.165) is 10.4 Å². The first-order chi connectivity index (χ1) is 9.61. The van der Waals surface area contributed by atoms with Crippen LogP contribution in [-0.4, -0.2) is 17.4 Å². The van der Waals surface area contributed by atoms with E-state index < -0.39 is 0 Å². The Morgan fingerprint density at radius 2 is 2.35 bits per heavy atom. The van der Waals surface area contributed by atoms with Crippen molar-refractivity contribution < 1.29 is 4.79 Å². The molecular weight excluding hydrogens is 294 g/mol. The van der Waals surface area contributed by atoms with Gasteiger partial charge in [-0.2, -0.15) is 0 Å². The number of halogens is 1. The van der Waals surface area contributed by atoms with Crippen LogP contribution < -0.4 is 11.1 Å². The molecule has 20 heavy (non-hydrogen) atoms. The SMILES string of the molecule is Cc1cccc(C(=O)Nc2ncc(C#CCN)s2)c1Cl. The lowest BCUT2D eigenvalue weighted by Crippen LogP contribution is -2.12. The van der Waals surface area contributed by atoms with Gasteiger partial charge in [0.2, 0.25) is 0 Å². The summed E-state index contributed by atoms with van der Waals surface area (Å²) < 4.78 is 0. The second-order valence-corrected chi connectivity index (χ2v) is 5.33. The quantitative estimate of drug-likeness (QED) is 0.838. The van der Waals surface area contributed by atoms with Crippen LogP contribution in [-0.2, 0) is 0 Å². The molecule has 0 radical (unpaired) electrons. The third-order valence-corrected chi connectivity index (χ3v) is 3.81. The number of hydrogen-bond acceptors (Lipinski definition) is 4. The first kappa shape index (κ1) is 14.5. The van der Waals surface area contributed by atoms with Gasteiger partial charge >= 0.3 is 0 Å². The zero-order chi connectivity index (χ0) is 14.5. The fourth-order valence-electron chi connectivity index (χ4n) is 1.52. The number of nitrogens with zero attached hydrogens (tertiary/aromatic N) is 1. The van der Waals surface area contributed by atoms with Crippen LogP contribution in [0.2, 0.25) is 5.02 Å². The highest BCUT2D eigenvalue weighted by molar-refractivity contribution is 7.16. The summed E-state index contributed by atoms with van der Waals surface area (Å²) in [4.78, 5) is 17.0. The van der Waals surface area contributed by atoms with E-state index in [4.69, 9.17) is 17.3 Å². The number of aryl methyl sites for hydroxylation is 1. The molecule has 0 saturated carbocycles. The fraction of sp³-hybridized carbons (Fsp3) is 0.143. The monoisotopic (exact) mass is 305 g/mol. The van der Waals surface area contributed by atoms with Crippen LogP contribution >= 0.6 is 22.9 Å². The largest absolute Gasteiger partial charge is 0.320 e. The highest BCUT2D eigenvalue weighted by Gasteiger charge is 2.13. The highest BCUT2D eigenvalue weighted by atomic mass is 35.5. The summed E-state index contributed by atoms with van der Waals surface area (Å²) in [6, 6.07) is 5.31. The van der Waals surface area contributed by atoms with E-state index in [-0.39, 0.29) is 5.91 Å². The van der Waals surface area contributed by atoms with Gasteiger partial charge in [0.25, 0.3) is 5.91 Å². The molecule has 1 aromatic heterocycles. The Labute approximate surface area is 126 Å². The van der Waals surface area contributed by atoms with Gasteiger partial charge in [-0.15, -0.1) is 0 Å². The van der Waals surface area contributed by atoms with E-state index in [2.05, 4.69) is 22.1 Å². The van der Waals surface area contributed by atoms with E-state index in [1.165, 1.54) is 11.3 Å². The summed E-state index contributed by atoms with van der Waals surface area (Å²) in [5.74, 6) is 5.31. The number of benzene rings is 1. The number of nitrogens with one attached hydrogen (secondary N) is 1. The molecule has 0 unspecified atom stereocenters. The minimum atomic E-state index is -0.286. The lowest BCUT2D eigenvalue weighted by atomic mass is 10.1. The summed E-state index contributed by atoms with van der Waals surface area (Å²) >= 11 is 7.40. The summed E-state index contributed by atoms with van der Waals surface area (Å²) in [5, 5.41) is 3.64. The molecule has 3 N–H and O–H groups in total. The number of hydrogen-bond donors (Lipinski definition) is 2. The molecule has 2 aromatic rings. The van der Waals surface area contributed by atoms with Crippen LogP contribution in [0.1, 0.15) is 20.8 Å². The predicted molar refractivity (Wildman–Crippen MR) is 82.2 cm³/mol. The van der Waals surface area contributed by atoms with Crippen molar-refractivity contribution in [2.75, 3.05) is 11.9 Å². The normalized spacial score (nSPS) is 9.75. The van der Waals surface area contributed by atoms with Crippen LogP contribution in [0, 0.1) is 18.8 Å². The van der Waals surface area contributed by atoms with Gasteiger partial charge in [0.05, 0.1) is 28.2 Å². The molecule has 0 saturated heterocycles. The third-order valence-electron chi connectivity index (χ3n) is 2.48. The number of amides is 1. The Bertz CT molecular complexity index is 700. The summed E-state index contributed by atoms with van der Waals surface area (Å²) in [5.41, 5.74) is 6.58. The van der Waals surface area contributed by atoms with Gasteiger partial charge in [-0.25, -0.2) is 4.98 Å². The van der Waals surface area contributed by atoms with Crippen LogP contribution in [0.5, 0.6) is 0 Å². The number of aromatic nitrogens is 1. The van der Waals surface area contributed by atoms with Crippen molar-refractivity contribution in [3.05, 3.63) is 45.4 Å². The van der Waals surface area contributed by atoms with Crippen LogP contribution in [0.4, 0.5) is 5.13 Å². The van der Waals surface area contributed by atoms with Gasteiger partial charge in [0, 0.05) is 0 Å². The molecule has 1 heterocycles. The van der Waals surface area contributed by atoms with E-state index in [1.807, 2.05) is 13.0 Å². The molecule has 0 aliphatic carbocycles. The Hall–Kier alpha value is -1.87. The van der Waals surface area contributed by atoms with Crippen molar-refractivity contribution in [2.45, 2.75) is 6.92 Å². The first-order valence-corrected chi connectivity index (χ1v) is 7.02. The molecule has 102 valence electrons. The number of carbonyl (C=O) groups excluding carboxylic acids is 1. The average molecular weight is 306 g/mol. The maximum Gasteiger partial charge on any atom is 0.258 e. The van der Waals surface area contributed by atoms with Crippen molar-refractivity contribution in [2.24, 2.45) is 5.73 Å². The van der Waals surface area contributed by atoms with Crippen LogP contribution in [0.15, 0.2) is 24.4 Å². The van der Waals surface area contributed by atoms with Crippen molar-refractivity contribution in [3.63, 3.8) is 0 Å². The van der Waals surface area contributed by atoms with E-state index in [1.54, 1.807) is 18.3 Å². The minimum Gasteiger partial charge on any atom is -0.320 e. The molecule has 0 fully saturated rings. The van der Waals surface area contributed by atoms with E-state index >= 15 is 0 Å². The number of rotatable bonds is 2. The van der Waals surface area contributed by atoms with Gasteiger partial charge in [-0.1, -0.05) is 46.9 Å². The number of carbonyl (C=O) groups is 1. The van der Waals surface area contributed by atoms with Crippen LogP contribution in [0.25, 0.3) is 0 Å². The molecule has 4 nitrogen and oxygen atoms in total. The topological polar surface area (TPSA) is 68.0 Å². The Balaban J connectivity index is 2.15. The molecule has 1 aromatic carbocycles. The molecule has 0 bridgehead atoms. The number of thiazole rings is 1. The Morgan fingerprint density at radius 3 is 3.10 bits per heavy atom. The van der Waals surface area contributed by atoms with E-state index in [9.17, 15) is 4.79 Å². The van der Waals surface area contributed by atoms with Crippen molar-refractivity contribution in [1.29, 1.82) is 0 Å². The fourth-order valence-corrected chi connectivity index (χ4v) is 2.41. The van der Waals surface area contributed by atoms with Gasteiger partial charge in [-0.3, -0.25) is 10.1 Å². The number of anilines is 1. The zero-order valence-electron chi connectivity index (χ0n) is 10.7. The molecule has 1 amide bonds. The average Bonchev–Trinajstić information content (AvgIpc) is 2.87.